The number of imidazole rings is 1. The van der Waals surface area contributed by atoms with Crippen LogP contribution >= 0.6 is 11.6 Å². The van der Waals surface area contributed by atoms with Gasteiger partial charge in [0, 0.05) is 11.6 Å². The Kier molecular flexibility index (Phi) is 4.42. The summed E-state index contributed by atoms with van der Waals surface area (Å²) in [5.74, 6) is 1.28. The maximum Gasteiger partial charge on any atom is 0.165 e. The van der Waals surface area contributed by atoms with E-state index in [1.54, 1.807) is 31.6 Å². The number of anilines is 2. The van der Waals surface area contributed by atoms with Gasteiger partial charge in [0.2, 0.25) is 0 Å². The minimum Gasteiger partial charge on any atom is -0.495 e. The number of aromatic nitrogens is 4. The average molecular weight is 360 g/mol. The predicted octanol–water partition coefficient (Wildman–Crippen LogP) is 3.41. The number of hydrogen-bond donors (Lipinski definition) is 1. The molecule has 0 aliphatic carbocycles. The van der Waals surface area contributed by atoms with Crippen LogP contribution in [0.4, 0.5) is 11.5 Å². The highest BCUT2D eigenvalue weighted by atomic mass is 35.5. The Balaban J connectivity index is 1.66. The number of fused-ring (bicyclic) bond motifs is 1. The van der Waals surface area contributed by atoms with Crippen molar-refractivity contribution >= 4 is 34.3 Å². The highest BCUT2D eigenvalue weighted by Gasteiger charge is 2.19. The van der Waals surface area contributed by atoms with Crippen molar-refractivity contribution in [2.75, 3.05) is 19.0 Å². The first-order chi connectivity index (χ1) is 12.2. The molecule has 130 valence electrons. The SMILES string of the molecule is COc1ccc(Cl)cc1Nc1ncnc2c1ncn2CC1CCCO1. The van der Waals surface area contributed by atoms with E-state index in [0.717, 1.165) is 37.3 Å². The quantitative estimate of drug-likeness (QED) is 0.752. The fourth-order valence-electron chi connectivity index (χ4n) is 3.02. The van der Waals surface area contributed by atoms with E-state index in [4.69, 9.17) is 21.1 Å². The summed E-state index contributed by atoms with van der Waals surface area (Å²) in [5.41, 5.74) is 2.19. The van der Waals surface area contributed by atoms with E-state index >= 15 is 0 Å². The number of ether oxygens (including phenoxy) is 2. The van der Waals surface area contributed by atoms with Gasteiger partial charge in [-0.25, -0.2) is 15.0 Å². The standard InChI is InChI=1S/C17H18ClN5O2/c1-24-14-5-4-11(18)7-13(14)22-16-15-17(20-9-19-16)23(10-21-15)8-12-3-2-6-25-12/h4-5,7,9-10,12H,2-3,6,8H2,1H3,(H,19,20,22). The number of halogens is 1. The largest absolute Gasteiger partial charge is 0.495 e. The molecule has 1 aliphatic heterocycles. The fraction of sp³-hybridized carbons (Fsp3) is 0.353. The van der Waals surface area contributed by atoms with Gasteiger partial charge in [0.15, 0.2) is 17.0 Å². The molecule has 3 heterocycles. The number of hydrogen-bond acceptors (Lipinski definition) is 6. The highest BCUT2D eigenvalue weighted by Crippen LogP contribution is 2.31. The second-order valence-electron chi connectivity index (χ2n) is 5.90. The van der Waals surface area contributed by atoms with Gasteiger partial charge in [0.05, 0.1) is 31.8 Å². The molecule has 1 unspecified atom stereocenters. The van der Waals surface area contributed by atoms with Crippen molar-refractivity contribution in [2.24, 2.45) is 0 Å². The van der Waals surface area contributed by atoms with Gasteiger partial charge in [0.1, 0.15) is 12.1 Å². The van der Waals surface area contributed by atoms with Crippen LogP contribution in [0.5, 0.6) is 5.75 Å². The van der Waals surface area contributed by atoms with Gasteiger partial charge >= 0.3 is 0 Å². The lowest BCUT2D eigenvalue weighted by Crippen LogP contribution is -2.14. The Morgan fingerprint density at radius 2 is 2.28 bits per heavy atom. The van der Waals surface area contributed by atoms with E-state index in [-0.39, 0.29) is 6.10 Å². The first-order valence-corrected chi connectivity index (χ1v) is 8.50. The van der Waals surface area contributed by atoms with Gasteiger partial charge in [-0.15, -0.1) is 0 Å². The van der Waals surface area contributed by atoms with Gasteiger partial charge in [-0.05, 0) is 31.0 Å². The smallest absolute Gasteiger partial charge is 0.165 e. The Bertz CT molecular complexity index is 892. The molecule has 8 heteroatoms. The van der Waals surface area contributed by atoms with Crippen LogP contribution in [0.3, 0.4) is 0 Å². The van der Waals surface area contributed by atoms with Crippen LogP contribution in [0, 0.1) is 0 Å². The molecular formula is C17H18ClN5O2. The molecule has 2 aromatic heterocycles. The predicted molar refractivity (Wildman–Crippen MR) is 95.6 cm³/mol. The van der Waals surface area contributed by atoms with E-state index < -0.39 is 0 Å². The van der Waals surface area contributed by atoms with Crippen molar-refractivity contribution in [3.8, 4) is 5.75 Å². The lowest BCUT2D eigenvalue weighted by Gasteiger charge is -2.12. The third-order valence-corrected chi connectivity index (χ3v) is 4.48. The van der Waals surface area contributed by atoms with Crippen molar-refractivity contribution in [3.63, 3.8) is 0 Å². The second kappa shape index (κ2) is 6.85. The van der Waals surface area contributed by atoms with E-state index in [1.807, 2.05) is 4.57 Å². The molecular weight excluding hydrogens is 342 g/mol. The summed E-state index contributed by atoms with van der Waals surface area (Å²) in [6, 6.07) is 5.37. The first-order valence-electron chi connectivity index (χ1n) is 8.12. The average Bonchev–Trinajstić information content (AvgIpc) is 3.27. The van der Waals surface area contributed by atoms with E-state index in [2.05, 4.69) is 20.3 Å². The molecule has 1 aliphatic rings. The minimum atomic E-state index is 0.219. The Morgan fingerprint density at radius 3 is 3.08 bits per heavy atom. The third kappa shape index (κ3) is 3.25. The normalized spacial score (nSPS) is 17.1. The van der Waals surface area contributed by atoms with Crippen LogP contribution < -0.4 is 10.1 Å². The number of benzene rings is 1. The lowest BCUT2D eigenvalue weighted by atomic mass is 10.2. The number of methoxy groups -OCH3 is 1. The van der Waals surface area contributed by atoms with Crippen LogP contribution in [0.2, 0.25) is 5.02 Å². The first kappa shape index (κ1) is 16.1. The van der Waals surface area contributed by atoms with Crippen LogP contribution in [-0.4, -0.2) is 39.3 Å². The molecule has 0 radical (unpaired) electrons. The van der Waals surface area contributed by atoms with Crippen molar-refractivity contribution in [1.29, 1.82) is 0 Å². The zero-order chi connectivity index (χ0) is 17.2. The summed E-state index contributed by atoms with van der Waals surface area (Å²) in [6.07, 6.45) is 5.69. The molecule has 0 spiro atoms. The number of rotatable bonds is 5. The summed E-state index contributed by atoms with van der Waals surface area (Å²) < 4.78 is 13.1. The summed E-state index contributed by atoms with van der Waals surface area (Å²) in [6.45, 7) is 1.57. The molecule has 4 rings (SSSR count). The van der Waals surface area contributed by atoms with Crippen LogP contribution in [0.1, 0.15) is 12.8 Å². The topological polar surface area (TPSA) is 74.1 Å². The van der Waals surface area contributed by atoms with Crippen LogP contribution in [0.15, 0.2) is 30.9 Å². The molecule has 3 aromatic rings. The van der Waals surface area contributed by atoms with Crippen molar-refractivity contribution in [2.45, 2.75) is 25.5 Å². The van der Waals surface area contributed by atoms with Crippen LogP contribution in [0.25, 0.3) is 11.2 Å². The zero-order valence-corrected chi connectivity index (χ0v) is 14.5. The Hall–Kier alpha value is -2.38. The molecule has 25 heavy (non-hydrogen) atoms. The van der Waals surface area contributed by atoms with Crippen molar-refractivity contribution < 1.29 is 9.47 Å². The number of nitrogens with one attached hydrogen (secondary N) is 1. The molecule has 0 saturated carbocycles. The molecule has 0 amide bonds. The van der Waals surface area contributed by atoms with Gasteiger partial charge in [0.25, 0.3) is 0 Å². The summed E-state index contributed by atoms with van der Waals surface area (Å²) in [7, 11) is 1.61. The van der Waals surface area contributed by atoms with Crippen molar-refractivity contribution in [3.05, 3.63) is 35.9 Å². The molecule has 7 nitrogen and oxygen atoms in total. The van der Waals surface area contributed by atoms with Gasteiger partial charge in [-0.2, -0.15) is 0 Å². The highest BCUT2D eigenvalue weighted by molar-refractivity contribution is 6.31. The summed E-state index contributed by atoms with van der Waals surface area (Å²) in [5, 5.41) is 3.86. The summed E-state index contributed by atoms with van der Waals surface area (Å²) >= 11 is 6.10. The van der Waals surface area contributed by atoms with Gasteiger partial charge in [-0.3, -0.25) is 0 Å². The van der Waals surface area contributed by atoms with E-state index in [9.17, 15) is 0 Å². The Morgan fingerprint density at radius 1 is 1.36 bits per heavy atom. The minimum absolute atomic E-state index is 0.219. The number of nitrogens with zero attached hydrogens (tertiary/aromatic N) is 4. The lowest BCUT2D eigenvalue weighted by molar-refractivity contribution is 0.0978. The third-order valence-electron chi connectivity index (χ3n) is 4.24. The second-order valence-corrected chi connectivity index (χ2v) is 6.33. The zero-order valence-electron chi connectivity index (χ0n) is 13.8. The summed E-state index contributed by atoms with van der Waals surface area (Å²) in [4.78, 5) is 13.2. The maximum absolute atomic E-state index is 6.10. The Labute approximate surface area is 150 Å². The molecule has 1 saturated heterocycles. The van der Waals surface area contributed by atoms with Crippen LogP contribution in [-0.2, 0) is 11.3 Å². The maximum atomic E-state index is 6.10. The monoisotopic (exact) mass is 359 g/mol. The molecule has 1 aromatic carbocycles. The van der Waals surface area contributed by atoms with Gasteiger partial charge in [-0.1, -0.05) is 11.6 Å². The fourth-order valence-corrected chi connectivity index (χ4v) is 3.19. The van der Waals surface area contributed by atoms with E-state index in [1.165, 1.54) is 6.33 Å². The molecule has 1 atom stereocenters. The molecule has 1 fully saturated rings. The molecule has 0 bridgehead atoms. The van der Waals surface area contributed by atoms with E-state index in [0.29, 0.717) is 22.1 Å². The van der Waals surface area contributed by atoms with Gasteiger partial charge < -0.3 is 19.4 Å². The molecule has 1 N–H and O–H groups in total. The van der Waals surface area contributed by atoms with Crippen molar-refractivity contribution in [1.82, 2.24) is 19.5 Å².